The van der Waals surface area contributed by atoms with Crippen molar-refractivity contribution in [2.24, 2.45) is 11.8 Å². The number of hydrogen-bond acceptors (Lipinski definition) is 7. The number of carbonyl (C=O) groups is 1. The first-order chi connectivity index (χ1) is 20.4. The van der Waals surface area contributed by atoms with Gasteiger partial charge in [-0.15, -0.1) is 0 Å². The normalized spacial score (nSPS) is 23.0. The average Bonchev–Trinajstić information content (AvgIpc) is 3.26. The second-order valence-corrected chi connectivity index (χ2v) is 11.2. The Hall–Kier alpha value is -4.09. The molecule has 2 saturated heterocycles. The Morgan fingerprint density at radius 1 is 1.12 bits per heavy atom. The predicted molar refractivity (Wildman–Crippen MR) is 148 cm³/mol. The Morgan fingerprint density at radius 2 is 1.93 bits per heavy atom. The SMILES string of the molecule is COc1cc(C(=O)O)cc2c1nc(CN1C[C@@H]3[C@H](C1)[C@H]3c1cccc(OCc3ccc(F)cc3F)n1)n2C[C@@H]1CCO1. The minimum atomic E-state index is -1.01. The summed E-state index contributed by atoms with van der Waals surface area (Å²) in [6.45, 7) is 3.73. The molecule has 4 aromatic rings. The molecule has 42 heavy (non-hydrogen) atoms. The molecule has 2 aliphatic heterocycles. The van der Waals surface area contributed by atoms with E-state index in [2.05, 4.69) is 9.47 Å². The summed E-state index contributed by atoms with van der Waals surface area (Å²) in [5.41, 5.74) is 2.78. The van der Waals surface area contributed by atoms with Gasteiger partial charge >= 0.3 is 5.97 Å². The number of carboxylic acids is 1. The van der Waals surface area contributed by atoms with Crippen LogP contribution in [0.25, 0.3) is 11.0 Å². The van der Waals surface area contributed by atoms with Crippen molar-refractivity contribution in [3.05, 3.63) is 82.8 Å². The third-order valence-electron chi connectivity index (χ3n) is 8.66. The van der Waals surface area contributed by atoms with E-state index in [1.165, 1.54) is 25.3 Å². The van der Waals surface area contributed by atoms with Crippen molar-refractivity contribution in [2.75, 3.05) is 26.8 Å². The maximum absolute atomic E-state index is 14.0. The zero-order chi connectivity index (χ0) is 29.0. The van der Waals surface area contributed by atoms with Gasteiger partial charge in [-0.05, 0) is 48.6 Å². The summed E-state index contributed by atoms with van der Waals surface area (Å²) in [6.07, 6.45) is 1.04. The fourth-order valence-corrected chi connectivity index (χ4v) is 6.34. The van der Waals surface area contributed by atoms with Crippen LogP contribution in [-0.2, 0) is 24.4 Å². The van der Waals surface area contributed by atoms with Crippen LogP contribution in [0.15, 0.2) is 48.5 Å². The molecular formula is C31H30F2N4O5. The van der Waals surface area contributed by atoms with Crippen molar-refractivity contribution >= 4 is 17.0 Å². The van der Waals surface area contributed by atoms with E-state index >= 15 is 0 Å². The van der Waals surface area contributed by atoms with Crippen LogP contribution in [0, 0.1) is 23.5 Å². The van der Waals surface area contributed by atoms with Gasteiger partial charge in [0.05, 0.1) is 37.4 Å². The highest BCUT2D eigenvalue weighted by atomic mass is 19.1. The van der Waals surface area contributed by atoms with E-state index in [0.717, 1.165) is 49.2 Å². The number of hydrogen-bond donors (Lipinski definition) is 1. The number of rotatable bonds is 10. The van der Waals surface area contributed by atoms with Crippen LogP contribution in [0.2, 0.25) is 0 Å². The van der Waals surface area contributed by atoms with Crippen molar-refractivity contribution < 1.29 is 32.9 Å². The molecule has 0 radical (unpaired) electrons. The van der Waals surface area contributed by atoms with Crippen molar-refractivity contribution in [3.8, 4) is 11.6 Å². The van der Waals surface area contributed by atoms with Gasteiger partial charge < -0.3 is 23.9 Å². The van der Waals surface area contributed by atoms with Gasteiger partial charge in [0.15, 0.2) is 0 Å². The Kier molecular flexibility index (Phi) is 6.78. The number of methoxy groups -OCH3 is 1. The molecule has 1 aliphatic carbocycles. The fraction of sp³-hybridized carbons (Fsp3) is 0.387. The van der Waals surface area contributed by atoms with E-state index in [1.54, 1.807) is 12.1 Å². The number of halogens is 2. The molecule has 218 valence electrons. The zero-order valence-electron chi connectivity index (χ0n) is 23.0. The zero-order valence-corrected chi connectivity index (χ0v) is 23.0. The Bertz CT molecular complexity index is 1660. The largest absolute Gasteiger partial charge is 0.494 e. The third kappa shape index (κ3) is 4.96. The van der Waals surface area contributed by atoms with Gasteiger partial charge in [-0.3, -0.25) is 4.90 Å². The number of pyridine rings is 1. The Labute approximate surface area is 240 Å². The number of nitrogens with zero attached hydrogens (tertiary/aromatic N) is 4. The van der Waals surface area contributed by atoms with E-state index in [0.29, 0.717) is 48.0 Å². The molecule has 0 bridgehead atoms. The van der Waals surface area contributed by atoms with Crippen LogP contribution in [0.3, 0.4) is 0 Å². The summed E-state index contributed by atoms with van der Waals surface area (Å²) in [5.74, 6) is 0.694. The quantitative estimate of drug-likeness (QED) is 0.292. The molecule has 1 N–H and O–H groups in total. The summed E-state index contributed by atoms with van der Waals surface area (Å²) >= 11 is 0. The molecule has 1 saturated carbocycles. The van der Waals surface area contributed by atoms with Crippen molar-refractivity contribution in [3.63, 3.8) is 0 Å². The molecule has 4 atom stereocenters. The molecule has 3 fully saturated rings. The molecule has 0 amide bonds. The number of piperidine rings is 1. The molecule has 4 heterocycles. The molecule has 9 nitrogen and oxygen atoms in total. The van der Waals surface area contributed by atoms with Crippen LogP contribution >= 0.6 is 0 Å². The first kappa shape index (κ1) is 26.8. The second-order valence-electron chi connectivity index (χ2n) is 11.2. The lowest BCUT2D eigenvalue weighted by Gasteiger charge is -2.28. The third-order valence-corrected chi connectivity index (χ3v) is 8.66. The first-order valence-corrected chi connectivity index (χ1v) is 14.1. The van der Waals surface area contributed by atoms with Crippen LogP contribution < -0.4 is 9.47 Å². The summed E-state index contributed by atoms with van der Waals surface area (Å²) < 4.78 is 46.2. The van der Waals surface area contributed by atoms with Crippen LogP contribution in [0.5, 0.6) is 11.6 Å². The second kappa shape index (κ2) is 10.6. The molecule has 3 aliphatic rings. The number of aromatic carboxylic acids is 1. The molecule has 7 rings (SSSR count). The first-order valence-electron chi connectivity index (χ1n) is 14.1. The number of fused-ring (bicyclic) bond motifs is 2. The average molecular weight is 577 g/mol. The molecular weight excluding hydrogens is 546 g/mol. The highest BCUT2D eigenvalue weighted by Gasteiger charge is 2.57. The number of likely N-dealkylation sites (tertiary alicyclic amines) is 1. The lowest BCUT2D eigenvalue weighted by atomic mass is 10.1. The number of imidazole rings is 1. The van der Waals surface area contributed by atoms with E-state index in [1.807, 2.05) is 12.1 Å². The highest BCUT2D eigenvalue weighted by molar-refractivity contribution is 5.95. The minimum absolute atomic E-state index is 0.0283. The van der Waals surface area contributed by atoms with Gasteiger partial charge in [0, 0.05) is 49.0 Å². The minimum Gasteiger partial charge on any atom is -0.494 e. The summed E-state index contributed by atoms with van der Waals surface area (Å²) in [4.78, 5) is 23.8. The lowest BCUT2D eigenvalue weighted by Crippen LogP contribution is -2.33. The molecule has 11 heteroatoms. The monoisotopic (exact) mass is 576 g/mol. The Balaban J connectivity index is 1.05. The van der Waals surface area contributed by atoms with Crippen LogP contribution in [0.1, 0.15) is 39.8 Å². The number of ether oxygens (including phenoxy) is 3. The van der Waals surface area contributed by atoms with Crippen molar-refractivity contribution in [2.45, 2.75) is 38.1 Å². The van der Waals surface area contributed by atoms with E-state index in [4.69, 9.17) is 24.2 Å². The molecule has 0 unspecified atom stereocenters. The van der Waals surface area contributed by atoms with Crippen LogP contribution in [0.4, 0.5) is 8.78 Å². The number of carboxylic acid groups (broad SMARTS) is 1. The van der Waals surface area contributed by atoms with Gasteiger partial charge in [-0.25, -0.2) is 23.5 Å². The molecule has 2 aromatic heterocycles. The lowest BCUT2D eigenvalue weighted by molar-refractivity contribution is -0.0591. The van der Waals surface area contributed by atoms with Gasteiger partial charge in [0.1, 0.15) is 35.3 Å². The topological polar surface area (TPSA) is 98.9 Å². The van der Waals surface area contributed by atoms with E-state index in [9.17, 15) is 18.7 Å². The van der Waals surface area contributed by atoms with Crippen LogP contribution in [-0.4, -0.2) is 63.4 Å². The Morgan fingerprint density at radius 3 is 2.62 bits per heavy atom. The summed E-state index contributed by atoms with van der Waals surface area (Å²) in [7, 11) is 1.53. The number of benzene rings is 2. The van der Waals surface area contributed by atoms with Crippen molar-refractivity contribution in [1.29, 1.82) is 0 Å². The van der Waals surface area contributed by atoms with Gasteiger partial charge in [-0.1, -0.05) is 6.07 Å². The summed E-state index contributed by atoms with van der Waals surface area (Å²) in [5, 5.41) is 9.64. The fourth-order valence-electron chi connectivity index (χ4n) is 6.34. The predicted octanol–water partition coefficient (Wildman–Crippen LogP) is 4.63. The maximum Gasteiger partial charge on any atom is 0.335 e. The van der Waals surface area contributed by atoms with E-state index in [-0.39, 0.29) is 23.8 Å². The van der Waals surface area contributed by atoms with Crippen molar-refractivity contribution in [1.82, 2.24) is 19.4 Å². The standard InChI is InChI=1S/C31H30F2N4O5/c1-40-26-10-18(31(38)39)9-25-30(26)35-27(37(25)12-20-7-8-41-20)15-36-13-21-22(14-36)29(21)24-3-2-4-28(34-24)42-16-17-5-6-19(32)11-23(17)33/h2-6,9-11,20-22,29H,7-8,12-16H2,1H3,(H,38,39)/t20-,21-,22+,29+/m0/s1. The number of aromatic nitrogens is 3. The smallest absolute Gasteiger partial charge is 0.335 e. The van der Waals surface area contributed by atoms with Gasteiger partial charge in [0.25, 0.3) is 0 Å². The highest BCUT2D eigenvalue weighted by Crippen LogP contribution is 2.58. The van der Waals surface area contributed by atoms with Gasteiger partial charge in [-0.2, -0.15) is 0 Å². The maximum atomic E-state index is 14.0. The molecule has 0 spiro atoms. The summed E-state index contributed by atoms with van der Waals surface area (Å²) in [6, 6.07) is 12.3. The molecule has 2 aromatic carbocycles. The van der Waals surface area contributed by atoms with Gasteiger partial charge in [0.2, 0.25) is 5.88 Å². The van der Waals surface area contributed by atoms with E-state index < -0.39 is 17.6 Å².